The number of carbonyl (C=O) groups is 1. The predicted octanol–water partition coefficient (Wildman–Crippen LogP) is 3.97. The Labute approximate surface area is 162 Å². The summed E-state index contributed by atoms with van der Waals surface area (Å²) in [6.07, 6.45) is 1.21. The van der Waals surface area contributed by atoms with Gasteiger partial charge in [0.25, 0.3) is 5.56 Å². The Kier molecular flexibility index (Phi) is 4.49. The molecule has 0 bridgehead atoms. The van der Waals surface area contributed by atoms with Gasteiger partial charge in [-0.3, -0.25) is 14.9 Å². The number of rotatable bonds is 4. The van der Waals surface area contributed by atoms with Crippen molar-refractivity contribution in [1.82, 2.24) is 20.2 Å². The summed E-state index contributed by atoms with van der Waals surface area (Å²) in [6.45, 7) is 1.95. The number of carbonyl (C=O) groups excluding carboxylic acids is 1. The molecule has 4 aromatic rings. The maximum atomic E-state index is 12.0. The van der Waals surface area contributed by atoms with Crippen LogP contribution >= 0.6 is 15.9 Å². The van der Waals surface area contributed by atoms with E-state index >= 15 is 0 Å². The normalized spacial score (nSPS) is 11.2. The van der Waals surface area contributed by atoms with Crippen LogP contribution in [0.25, 0.3) is 33.1 Å². The number of hydrogen-bond donors (Lipinski definition) is 3. The third kappa shape index (κ3) is 3.23. The van der Waals surface area contributed by atoms with E-state index in [-0.39, 0.29) is 11.5 Å². The van der Waals surface area contributed by atoms with E-state index in [1.165, 1.54) is 0 Å². The lowest BCUT2D eigenvalue weighted by atomic mass is 10.0. The molecule has 3 N–H and O–H groups in total. The molecule has 4 rings (SSSR count). The highest BCUT2D eigenvalue weighted by Gasteiger charge is 2.14. The Morgan fingerprint density at radius 2 is 2.00 bits per heavy atom. The van der Waals surface area contributed by atoms with Crippen LogP contribution in [0.15, 0.2) is 45.7 Å². The van der Waals surface area contributed by atoms with Gasteiger partial charge in [-0.05, 0) is 40.5 Å². The fourth-order valence-electron chi connectivity index (χ4n) is 3.02. The fourth-order valence-corrected chi connectivity index (χ4v) is 3.57. The molecule has 0 spiro atoms. The summed E-state index contributed by atoms with van der Waals surface area (Å²) in [5.41, 5.74) is 2.70. The lowest BCUT2D eigenvalue weighted by Crippen LogP contribution is -2.11. The number of aromatic amines is 2. The monoisotopic (exact) mass is 425 g/mol. The van der Waals surface area contributed by atoms with Gasteiger partial charge in [0.1, 0.15) is 0 Å². The summed E-state index contributed by atoms with van der Waals surface area (Å²) in [4.78, 5) is 31.4. The topological polar surface area (TPSA) is 104 Å². The first-order valence-electron chi connectivity index (χ1n) is 8.53. The van der Waals surface area contributed by atoms with Gasteiger partial charge in [-0.1, -0.05) is 25.1 Å². The Balaban J connectivity index is 1.83. The Morgan fingerprint density at radius 3 is 2.78 bits per heavy atom. The smallest absolute Gasteiger partial charge is 0.272 e. The number of nitrogens with zero attached hydrogens (tertiary/aromatic N) is 2. The Hall–Kier alpha value is -3.00. The molecular weight excluding hydrogens is 410 g/mol. The molecule has 0 aliphatic rings. The number of aromatic nitrogens is 4. The van der Waals surface area contributed by atoms with Crippen LogP contribution in [0.3, 0.4) is 0 Å². The van der Waals surface area contributed by atoms with Gasteiger partial charge in [-0.2, -0.15) is 5.10 Å². The number of fused-ring (bicyclic) bond motifs is 2. The number of benzene rings is 2. The highest BCUT2D eigenvalue weighted by Crippen LogP contribution is 2.32. The van der Waals surface area contributed by atoms with Gasteiger partial charge in [-0.25, -0.2) is 10.1 Å². The van der Waals surface area contributed by atoms with Gasteiger partial charge in [0.2, 0.25) is 11.9 Å². The van der Waals surface area contributed by atoms with Crippen molar-refractivity contribution in [3.8, 4) is 11.3 Å². The second-order valence-corrected chi connectivity index (χ2v) is 7.04. The van der Waals surface area contributed by atoms with Crippen LogP contribution in [-0.4, -0.2) is 26.1 Å². The van der Waals surface area contributed by atoms with Gasteiger partial charge in [0.15, 0.2) is 0 Å². The molecule has 136 valence electrons. The lowest BCUT2D eigenvalue weighted by Gasteiger charge is -2.06. The van der Waals surface area contributed by atoms with Crippen molar-refractivity contribution in [2.75, 3.05) is 5.32 Å². The summed E-state index contributed by atoms with van der Waals surface area (Å²) in [7, 11) is 0. The average Bonchev–Trinajstić information content (AvgIpc) is 3.05. The average molecular weight is 426 g/mol. The van der Waals surface area contributed by atoms with Crippen molar-refractivity contribution in [3.63, 3.8) is 0 Å². The fraction of sp³-hybridized carbons (Fsp3) is 0.158. The molecule has 0 aliphatic carbocycles. The van der Waals surface area contributed by atoms with Crippen LogP contribution in [0.1, 0.15) is 19.8 Å². The molecule has 0 fully saturated rings. The van der Waals surface area contributed by atoms with Gasteiger partial charge < -0.3 is 4.98 Å². The second kappa shape index (κ2) is 6.96. The van der Waals surface area contributed by atoms with E-state index in [1.54, 1.807) is 6.07 Å². The molecule has 7 nitrogen and oxygen atoms in total. The van der Waals surface area contributed by atoms with Crippen molar-refractivity contribution >= 4 is 49.6 Å². The molecule has 0 unspecified atom stereocenters. The van der Waals surface area contributed by atoms with E-state index in [2.05, 4.69) is 41.4 Å². The van der Waals surface area contributed by atoms with Crippen molar-refractivity contribution < 1.29 is 4.79 Å². The molecule has 2 aromatic heterocycles. The van der Waals surface area contributed by atoms with Crippen LogP contribution in [0, 0.1) is 0 Å². The molecule has 0 radical (unpaired) electrons. The van der Waals surface area contributed by atoms with E-state index in [0.29, 0.717) is 29.0 Å². The summed E-state index contributed by atoms with van der Waals surface area (Å²) in [5.74, 6) is 0.321. The summed E-state index contributed by atoms with van der Waals surface area (Å²) < 4.78 is 0.788. The van der Waals surface area contributed by atoms with Gasteiger partial charge in [0.05, 0.1) is 22.1 Å². The second-order valence-electron chi connectivity index (χ2n) is 6.18. The van der Waals surface area contributed by atoms with Crippen LogP contribution in [0.4, 0.5) is 5.95 Å². The Morgan fingerprint density at radius 1 is 1.22 bits per heavy atom. The standard InChI is InChI=1S/C19H16BrN5O2/c1-2-5-15(26)22-19-21-14-9-10(8-13(20)17(14)23-19)16-11-6-3-4-7-12(11)18(27)25-24-16/h3-4,6-9H,2,5H2,1H3,(H,25,27)(H2,21,22,23,26). The van der Waals surface area contributed by atoms with E-state index in [4.69, 9.17) is 0 Å². The zero-order valence-corrected chi connectivity index (χ0v) is 16.1. The highest BCUT2D eigenvalue weighted by atomic mass is 79.9. The summed E-state index contributed by atoms with van der Waals surface area (Å²) in [6, 6.07) is 11.1. The minimum atomic E-state index is -0.227. The summed E-state index contributed by atoms with van der Waals surface area (Å²) in [5, 5.41) is 10.9. The summed E-state index contributed by atoms with van der Waals surface area (Å²) >= 11 is 3.55. The number of imidazole rings is 1. The lowest BCUT2D eigenvalue weighted by molar-refractivity contribution is -0.116. The van der Waals surface area contributed by atoms with Crippen LogP contribution < -0.4 is 10.9 Å². The molecule has 0 saturated heterocycles. The van der Waals surface area contributed by atoms with Gasteiger partial charge in [0, 0.05) is 21.8 Å². The van der Waals surface area contributed by atoms with E-state index < -0.39 is 0 Å². The minimum absolute atomic E-state index is 0.0822. The van der Waals surface area contributed by atoms with Crippen LogP contribution in [0.2, 0.25) is 0 Å². The predicted molar refractivity (Wildman–Crippen MR) is 109 cm³/mol. The zero-order valence-electron chi connectivity index (χ0n) is 14.5. The molecule has 0 aliphatic heterocycles. The number of H-pyrrole nitrogens is 2. The van der Waals surface area contributed by atoms with Crippen molar-refractivity contribution in [2.24, 2.45) is 0 Å². The molecule has 0 saturated carbocycles. The maximum absolute atomic E-state index is 12.0. The van der Waals surface area contributed by atoms with E-state index in [9.17, 15) is 9.59 Å². The molecule has 8 heteroatoms. The maximum Gasteiger partial charge on any atom is 0.272 e. The van der Waals surface area contributed by atoms with Crippen LogP contribution in [0.5, 0.6) is 0 Å². The number of anilines is 1. The molecular formula is C19H16BrN5O2. The van der Waals surface area contributed by atoms with E-state index in [1.807, 2.05) is 37.3 Å². The van der Waals surface area contributed by atoms with Crippen molar-refractivity contribution in [2.45, 2.75) is 19.8 Å². The van der Waals surface area contributed by atoms with E-state index in [0.717, 1.165) is 27.4 Å². The molecule has 0 atom stereocenters. The first-order valence-corrected chi connectivity index (χ1v) is 9.33. The number of halogens is 1. The number of amides is 1. The minimum Gasteiger partial charge on any atom is -0.323 e. The zero-order chi connectivity index (χ0) is 19.0. The van der Waals surface area contributed by atoms with Crippen molar-refractivity contribution in [1.29, 1.82) is 0 Å². The highest BCUT2D eigenvalue weighted by molar-refractivity contribution is 9.10. The third-order valence-electron chi connectivity index (χ3n) is 4.25. The van der Waals surface area contributed by atoms with Gasteiger partial charge >= 0.3 is 0 Å². The largest absolute Gasteiger partial charge is 0.323 e. The quantitative estimate of drug-likeness (QED) is 0.460. The number of nitrogens with one attached hydrogen (secondary N) is 3. The van der Waals surface area contributed by atoms with Crippen molar-refractivity contribution in [3.05, 3.63) is 51.2 Å². The van der Waals surface area contributed by atoms with Crippen LogP contribution in [-0.2, 0) is 4.79 Å². The molecule has 1 amide bonds. The molecule has 2 aromatic carbocycles. The number of hydrogen-bond acceptors (Lipinski definition) is 4. The first-order chi connectivity index (χ1) is 13.1. The first kappa shape index (κ1) is 17.4. The third-order valence-corrected chi connectivity index (χ3v) is 4.87. The SMILES string of the molecule is CCCC(=O)Nc1nc2cc(-c3n[nH]c(=O)c4ccccc34)cc(Br)c2[nH]1. The van der Waals surface area contributed by atoms with Gasteiger partial charge in [-0.15, -0.1) is 0 Å². The molecule has 27 heavy (non-hydrogen) atoms. The Bertz CT molecular complexity index is 1230. The molecule has 2 heterocycles.